The summed E-state index contributed by atoms with van der Waals surface area (Å²) in [5.74, 6) is -0.464. The molecule has 0 saturated carbocycles. The molecule has 3 N–H and O–H groups in total. The van der Waals surface area contributed by atoms with Crippen molar-refractivity contribution in [3.63, 3.8) is 0 Å². The van der Waals surface area contributed by atoms with Crippen LogP contribution in [0.1, 0.15) is 16.0 Å². The van der Waals surface area contributed by atoms with E-state index in [9.17, 15) is 4.39 Å². The molecule has 0 atom stereocenters. The van der Waals surface area contributed by atoms with Crippen LogP contribution in [0.3, 0.4) is 0 Å². The predicted molar refractivity (Wildman–Crippen MR) is 76.9 cm³/mol. The van der Waals surface area contributed by atoms with Gasteiger partial charge in [0.25, 0.3) is 0 Å². The number of hydrogen-bond donors (Lipinski definition) is 2. The maximum absolute atomic E-state index is 13.2. The lowest BCUT2D eigenvalue weighted by Crippen LogP contribution is -2.21. The maximum Gasteiger partial charge on any atom is 0.123 e. The van der Waals surface area contributed by atoms with Crippen LogP contribution < -0.4 is 5.73 Å². The fraction of sp³-hybridized carbons (Fsp3) is 0.214. The van der Waals surface area contributed by atoms with Crippen molar-refractivity contribution in [2.75, 3.05) is 7.05 Å². The van der Waals surface area contributed by atoms with Crippen LogP contribution in [0.5, 0.6) is 0 Å². The van der Waals surface area contributed by atoms with Crippen molar-refractivity contribution in [2.24, 2.45) is 5.73 Å². The summed E-state index contributed by atoms with van der Waals surface area (Å²) >= 11 is 1.71. The number of hydrogen-bond acceptors (Lipinski definition) is 3. The summed E-state index contributed by atoms with van der Waals surface area (Å²) in [7, 11) is 1.99. The van der Waals surface area contributed by atoms with Crippen LogP contribution in [0.2, 0.25) is 0 Å². The Kier molecular flexibility index (Phi) is 4.29. The van der Waals surface area contributed by atoms with Gasteiger partial charge in [-0.05, 0) is 36.2 Å². The molecular weight excluding hydrogens is 261 g/mol. The van der Waals surface area contributed by atoms with Gasteiger partial charge in [0.1, 0.15) is 11.7 Å². The predicted octanol–water partition coefficient (Wildman–Crippen LogP) is 2.80. The van der Waals surface area contributed by atoms with E-state index in [0.29, 0.717) is 12.1 Å². The van der Waals surface area contributed by atoms with Crippen LogP contribution in [-0.2, 0) is 13.1 Å². The van der Waals surface area contributed by atoms with E-state index in [-0.39, 0.29) is 11.7 Å². The molecule has 2 rings (SSSR count). The fourth-order valence-corrected chi connectivity index (χ4v) is 2.74. The Labute approximate surface area is 116 Å². The molecule has 19 heavy (non-hydrogen) atoms. The molecule has 0 amide bonds. The number of thiophene rings is 1. The third-order valence-corrected chi connectivity index (χ3v) is 3.67. The largest absolute Gasteiger partial charge is 0.384 e. The minimum atomic E-state index is -0.366. The number of halogens is 1. The SMILES string of the molecule is CN(Cc1cccs1)Cc1ccc(F)cc1C(=N)N. The van der Waals surface area contributed by atoms with Crippen LogP contribution in [-0.4, -0.2) is 17.8 Å². The number of nitrogens with zero attached hydrogens (tertiary/aromatic N) is 1. The lowest BCUT2D eigenvalue weighted by atomic mass is 10.1. The molecule has 0 spiro atoms. The van der Waals surface area contributed by atoms with Gasteiger partial charge in [-0.15, -0.1) is 11.3 Å². The van der Waals surface area contributed by atoms with Crippen molar-refractivity contribution in [1.82, 2.24) is 4.90 Å². The van der Waals surface area contributed by atoms with E-state index in [1.807, 2.05) is 18.5 Å². The highest BCUT2D eigenvalue weighted by Crippen LogP contribution is 2.16. The van der Waals surface area contributed by atoms with Gasteiger partial charge < -0.3 is 5.73 Å². The van der Waals surface area contributed by atoms with Crippen molar-refractivity contribution >= 4 is 17.2 Å². The third-order valence-electron chi connectivity index (χ3n) is 2.81. The Balaban J connectivity index is 2.12. The van der Waals surface area contributed by atoms with Gasteiger partial charge in [0.05, 0.1) is 0 Å². The zero-order valence-electron chi connectivity index (χ0n) is 10.7. The van der Waals surface area contributed by atoms with Crippen LogP contribution in [0, 0.1) is 11.2 Å². The van der Waals surface area contributed by atoms with E-state index in [4.69, 9.17) is 11.1 Å². The van der Waals surface area contributed by atoms with Crippen LogP contribution in [0.25, 0.3) is 0 Å². The smallest absolute Gasteiger partial charge is 0.123 e. The number of benzene rings is 1. The summed E-state index contributed by atoms with van der Waals surface area (Å²) in [6.07, 6.45) is 0. The Morgan fingerprint density at radius 1 is 1.37 bits per heavy atom. The summed E-state index contributed by atoms with van der Waals surface area (Å²) in [5.41, 5.74) is 6.83. The molecule has 0 bridgehead atoms. The number of nitrogen functional groups attached to an aromatic ring is 1. The van der Waals surface area contributed by atoms with Crippen molar-refractivity contribution in [3.8, 4) is 0 Å². The van der Waals surface area contributed by atoms with E-state index in [1.165, 1.54) is 17.0 Å². The van der Waals surface area contributed by atoms with Gasteiger partial charge in [0.15, 0.2) is 0 Å². The van der Waals surface area contributed by atoms with E-state index in [2.05, 4.69) is 11.0 Å². The number of nitrogens with two attached hydrogens (primary N) is 1. The molecule has 0 aliphatic heterocycles. The maximum atomic E-state index is 13.2. The molecular formula is C14H16FN3S. The minimum Gasteiger partial charge on any atom is -0.384 e. The van der Waals surface area contributed by atoms with E-state index < -0.39 is 0 Å². The number of rotatable bonds is 5. The Morgan fingerprint density at radius 2 is 2.16 bits per heavy atom. The Bertz CT molecular complexity index is 566. The van der Waals surface area contributed by atoms with Crippen LogP contribution in [0.15, 0.2) is 35.7 Å². The Morgan fingerprint density at radius 3 is 2.79 bits per heavy atom. The molecule has 0 aliphatic rings. The van der Waals surface area contributed by atoms with Gasteiger partial charge in [-0.2, -0.15) is 0 Å². The molecule has 1 aromatic heterocycles. The fourth-order valence-electron chi connectivity index (χ4n) is 1.95. The molecule has 0 unspecified atom stereocenters. The van der Waals surface area contributed by atoms with Crippen LogP contribution >= 0.6 is 11.3 Å². The van der Waals surface area contributed by atoms with Crippen molar-refractivity contribution < 1.29 is 4.39 Å². The van der Waals surface area contributed by atoms with E-state index in [0.717, 1.165) is 12.1 Å². The van der Waals surface area contributed by atoms with Crippen molar-refractivity contribution in [1.29, 1.82) is 5.41 Å². The van der Waals surface area contributed by atoms with Crippen molar-refractivity contribution in [3.05, 3.63) is 57.5 Å². The first-order valence-corrected chi connectivity index (χ1v) is 6.78. The Hall–Kier alpha value is -1.72. The topological polar surface area (TPSA) is 53.1 Å². The second kappa shape index (κ2) is 5.95. The van der Waals surface area contributed by atoms with Gasteiger partial charge in [0, 0.05) is 23.5 Å². The number of nitrogens with one attached hydrogen (secondary N) is 1. The highest BCUT2D eigenvalue weighted by Gasteiger charge is 2.10. The molecule has 0 saturated heterocycles. The normalized spacial score (nSPS) is 10.9. The summed E-state index contributed by atoms with van der Waals surface area (Å²) in [6.45, 7) is 1.46. The lowest BCUT2D eigenvalue weighted by Gasteiger charge is -2.18. The molecule has 5 heteroatoms. The molecule has 100 valence electrons. The highest BCUT2D eigenvalue weighted by molar-refractivity contribution is 7.09. The zero-order chi connectivity index (χ0) is 13.8. The summed E-state index contributed by atoms with van der Waals surface area (Å²) < 4.78 is 13.2. The lowest BCUT2D eigenvalue weighted by molar-refractivity contribution is 0.321. The van der Waals surface area contributed by atoms with Gasteiger partial charge in [-0.25, -0.2) is 4.39 Å². The molecule has 1 heterocycles. The van der Waals surface area contributed by atoms with Gasteiger partial charge in [-0.3, -0.25) is 10.3 Å². The first-order valence-electron chi connectivity index (χ1n) is 5.90. The standard InChI is InChI=1S/C14H16FN3S/c1-18(9-12-3-2-6-19-12)8-10-4-5-11(15)7-13(10)14(16)17/h2-7H,8-9H2,1H3,(H3,16,17). The summed E-state index contributed by atoms with van der Waals surface area (Å²) in [6, 6.07) is 8.51. The van der Waals surface area contributed by atoms with Crippen LogP contribution in [0.4, 0.5) is 4.39 Å². The van der Waals surface area contributed by atoms with Gasteiger partial charge >= 0.3 is 0 Å². The summed E-state index contributed by atoms with van der Waals surface area (Å²) in [4.78, 5) is 3.39. The monoisotopic (exact) mass is 277 g/mol. The summed E-state index contributed by atoms with van der Waals surface area (Å²) in [5, 5.41) is 9.55. The van der Waals surface area contributed by atoms with Crippen molar-refractivity contribution in [2.45, 2.75) is 13.1 Å². The average Bonchev–Trinajstić information content (AvgIpc) is 2.83. The van der Waals surface area contributed by atoms with Gasteiger partial charge in [-0.1, -0.05) is 12.1 Å². The molecule has 0 radical (unpaired) electrons. The molecule has 0 aliphatic carbocycles. The van der Waals surface area contributed by atoms with E-state index >= 15 is 0 Å². The molecule has 2 aromatic rings. The third kappa shape index (κ3) is 3.62. The zero-order valence-corrected chi connectivity index (χ0v) is 11.5. The van der Waals surface area contributed by atoms with Gasteiger partial charge in [0.2, 0.25) is 0 Å². The second-order valence-corrected chi connectivity index (χ2v) is 5.50. The average molecular weight is 277 g/mol. The first kappa shape index (κ1) is 13.7. The molecule has 0 fully saturated rings. The first-order chi connectivity index (χ1) is 9.06. The van der Waals surface area contributed by atoms with E-state index in [1.54, 1.807) is 17.4 Å². The minimum absolute atomic E-state index is 0.0981. The molecule has 1 aromatic carbocycles. The quantitative estimate of drug-likeness (QED) is 0.652. The number of amidine groups is 1. The molecule has 3 nitrogen and oxygen atoms in total. The highest BCUT2D eigenvalue weighted by atomic mass is 32.1. The second-order valence-electron chi connectivity index (χ2n) is 4.47.